The number of hydrogen-bond donors (Lipinski definition) is 1. The second kappa shape index (κ2) is 4.97. The van der Waals surface area contributed by atoms with Crippen LogP contribution < -0.4 is 0 Å². The largest absolute Gasteiger partial charge is 0.388 e. The molecule has 1 aromatic carbocycles. The number of rotatable bonds is 2. The van der Waals surface area contributed by atoms with Crippen molar-refractivity contribution in [2.24, 2.45) is 5.92 Å². The molecule has 1 aliphatic heterocycles. The van der Waals surface area contributed by atoms with E-state index in [1.807, 2.05) is 32.9 Å². The lowest BCUT2D eigenvalue weighted by molar-refractivity contribution is 0.0428. The van der Waals surface area contributed by atoms with Crippen molar-refractivity contribution in [1.82, 2.24) is 0 Å². The summed E-state index contributed by atoms with van der Waals surface area (Å²) in [5.41, 5.74) is 3.04. The summed E-state index contributed by atoms with van der Waals surface area (Å²) in [7, 11) is 0. The van der Waals surface area contributed by atoms with Gasteiger partial charge in [-0.25, -0.2) is 0 Å². The van der Waals surface area contributed by atoms with Crippen molar-refractivity contribution in [2.45, 2.75) is 39.4 Å². The van der Waals surface area contributed by atoms with Gasteiger partial charge in [0.15, 0.2) is 0 Å². The highest BCUT2D eigenvalue weighted by atomic mass is 35.5. The van der Waals surface area contributed by atoms with Gasteiger partial charge in [-0.3, -0.25) is 0 Å². The first kappa shape index (κ1) is 12.9. The van der Waals surface area contributed by atoms with Crippen LogP contribution in [0, 0.1) is 19.8 Å². The highest BCUT2D eigenvalue weighted by molar-refractivity contribution is 6.31. The quantitative estimate of drug-likeness (QED) is 0.876. The SMILES string of the molecule is Cc1cc(C(O)C2CCOC2C)c(C)cc1Cl. The van der Waals surface area contributed by atoms with Crippen LogP contribution >= 0.6 is 11.6 Å². The Morgan fingerprint density at radius 3 is 2.65 bits per heavy atom. The van der Waals surface area contributed by atoms with E-state index in [0.29, 0.717) is 0 Å². The van der Waals surface area contributed by atoms with Gasteiger partial charge in [0.25, 0.3) is 0 Å². The minimum Gasteiger partial charge on any atom is -0.388 e. The number of ether oxygens (including phenoxy) is 1. The van der Waals surface area contributed by atoms with Crippen molar-refractivity contribution in [3.05, 3.63) is 33.8 Å². The van der Waals surface area contributed by atoms with Crippen molar-refractivity contribution >= 4 is 11.6 Å². The Balaban J connectivity index is 2.30. The van der Waals surface area contributed by atoms with Gasteiger partial charge < -0.3 is 9.84 Å². The van der Waals surface area contributed by atoms with E-state index in [0.717, 1.165) is 34.7 Å². The summed E-state index contributed by atoms with van der Waals surface area (Å²) < 4.78 is 5.52. The molecule has 2 nitrogen and oxygen atoms in total. The smallest absolute Gasteiger partial charge is 0.0846 e. The third kappa shape index (κ3) is 2.49. The minimum atomic E-state index is -0.455. The summed E-state index contributed by atoms with van der Waals surface area (Å²) in [4.78, 5) is 0. The molecule has 1 fully saturated rings. The highest BCUT2D eigenvalue weighted by Gasteiger charge is 2.32. The summed E-state index contributed by atoms with van der Waals surface area (Å²) in [5.74, 6) is 0.189. The molecule has 1 saturated heterocycles. The Kier molecular flexibility index (Phi) is 3.76. The number of hydrogen-bond acceptors (Lipinski definition) is 2. The van der Waals surface area contributed by atoms with Gasteiger partial charge in [0.05, 0.1) is 12.2 Å². The predicted octanol–water partition coefficient (Wildman–Crippen LogP) is 3.42. The van der Waals surface area contributed by atoms with Crippen LogP contribution in [0.3, 0.4) is 0 Å². The lowest BCUT2D eigenvalue weighted by atomic mass is 9.88. The van der Waals surface area contributed by atoms with Gasteiger partial charge in [0, 0.05) is 17.5 Å². The fourth-order valence-electron chi connectivity index (χ4n) is 2.52. The van der Waals surface area contributed by atoms with E-state index >= 15 is 0 Å². The van der Waals surface area contributed by atoms with Gasteiger partial charge in [-0.2, -0.15) is 0 Å². The van der Waals surface area contributed by atoms with E-state index in [1.165, 1.54) is 0 Å². The Hall–Kier alpha value is -0.570. The molecule has 3 unspecified atom stereocenters. The first-order valence-corrected chi connectivity index (χ1v) is 6.45. The summed E-state index contributed by atoms with van der Waals surface area (Å²) >= 11 is 6.07. The van der Waals surface area contributed by atoms with Crippen molar-refractivity contribution in [3.63, 3.8) is 0 Å². The second-order valence-electron chi connectivity index (χ2n) is 4.93. The van der Waals surface area contributed by atoms with Gasteiger partial charge in [-0.05, 0) is 49.9 Å². The molecule has 1 aromatic rings. The van der Waals surface area contributed by atoms with Crippen LogP contribution in [0.5, 0.6) is 0 Å². The zero-order valence-corrected chi connectivity index (χ0v) is 11.3. The number of aliphatic hydroxyl groups is 1. The lowest BCUT2D eigenvalue weighted by Crippen LogP contribution is -2.20. The zero-order valence-electron chi connectivity index (χ0n) is 10.5. The fourth-order valence-corrected chi connectivity index (χ4v) is 2.73. The van der Waals surface area contributed by atoms with E-state index in [1.54, 1.807) is 0 Å². The van der Waals surface area contributed by atoms with Crippen LogP contribution in [0.2, 0.25) is 5.02 Å². The number of aryl methyl sites for hydroxylation is 2. The fraction of sp³-hybridized carbons (Fsp3) is 0.571. The van der Waals surface area contributed by atoms with Crippen molar-refractivity contribution in [3.8, 4) is 0 Å². The first-order chi connectivity index (χ1) is 8.00. The van der Waals surface area contributed by atoms with E-state index in [2.05, 4.69) is 0 Å². The standard InChI is InChI=1S/C14H19ClO2/c1-8-7-13(15)9(2)6-12(8)14(16)11-4-5-17-10(11)3/h6-7,10-11,14,16H,4-5H2,1-3H3. The minimum absolute atomic E-state index is 0.125. The molecule has 0 aromatic heterocycles. The number of aliphatic hydroxyl groups excluding tert-OH is 1. The molecule has 0 saturated carbocycles. The molecule has 1 aliphatic rings. The van der Waals surface area contributed by atoms with Gasteiger partial charge in [0.2, 0.25) is 0 Å². The molecule has 3 atom stereocenters. The maximum Gasteiger partial charge on any atom is 0.0846 e. The molecule has 0 bridgehead atoms. The summed E-state index contributed by atoms with van der Waals surface area (Å²) in [5, 5.41) is 11.2. The van der Waals surface area contributed by atoms with Crippen LogP contribution in [0.1, 0.15) is 36.1 Å². The van der Waals surface area contributed by atoms with Crippen LogP contribution in [0.25, 0.3) is 0 Å². The molecule has 2 rings (SSSR count). The summed E-state index contributed by atoms with van der Waals surface area (Å²) in [6.45, 7) is 6.73. The molecule has 1 heterocycles. The first-order valence-electron chi connectivity index (χ1n) is 6.07. The Bertz CT molecular complexity index is 417. The topological polar surface area (TPSA) is 29.5 Å². The Labute approximate surface area is 108 Å². The molecule has 1 N–H and O–H groups in total. The second-order valence-corrected chi connectivity index (χ2v) is 5.34. The number of halogens is 1. The highest BCUT2D eigenvalue weighted by Crippen LogP contribution is 2.35. The molecule has 0 radical (unpaired) electrons. The van der Waals surface area contributed by atoms with Crippen LogP contribution in [0.4, 0.5) is 0 Å². The summed E-state index contributed by atoms with van der Waals surface area (Å²) in [6.07, 6.45) is 0.590. The van der Waals surface area contributed by atoms with Gasteiger partial charge in [0.1, 0.15) is 0 Å². The molecule has 0 aliphatic carbocycles. The van der Waals surface area contributed by atoms with Crippen LogP contribution in [0.15, 0.2) is 12.1 Å². The monoisotopic (exact) mass is 254 g/mol. The molecule has 17 heavy (non-hydrogen) atoms. The number of benzene rings is 1. The van der Waals surface area contributed by atoms with Crippen molar-refractivity contribution < 1.29 is 9.84 Å². The predicted molar refractivity (Wildman–Crippen MR) is 69.4 cm³/mol. The maximum atomic E-state index is 10.5. The van der Waals surface area contributed by atoms with E-state index in [9.17, 15) is 5.11 Å². The molecule has 0 amide bonds. The zero-order chi connectivity index (χ0) is 12.6. The van der Waals surface area contributed by atoms with Crippen molar-refractivity contribution in [2.75, 3.05) is 6.61 Å². The molecule has 0 spiro atoms. The molecule has 3 heteroatoms. The van der Waals surface area contributed by atoms with Gasteiger partial charge in [-0.1, -0.05) is 17.7 Å². The maximum absolute atomic E-state index is 10.5. The third-order valence-electron chi connectivity index (χ3n) is 3.71. The Morgan fingerprint density at radius 2 is 2.06 bits per heavy atom. The molecule has 94 valence electrons. The average Bonchev–Trinajstić information content (AvgIpc) is 2.69. The van der Waals surface area contributed by atoms with Gasteiger partial charge >= 0.3 is 0 Å². The third-order valence-corrected chi connectivity index (χ3v) is 4.11. The van der Waals surface area contributed by atoms with Crippen LogP contribution in [-0.2, 0) is 4.74 Å². The molecular weight excluding hydrogens is 236 g/mol. The Morgan fingerprint density at radius 1 is 1.35 bits per heavy atom. The van der Waals surface area contributed by atoms with E-state index in [-0.39, 0.29) is 12.0 Å². The van der Waals surface area contributed by atoms with E-state index in [4.69, 9.17) is 16.3 Å². The van der Waals surface area contributed by atoms with Crippen LogP contribution in [-0.4, -0.2) is 17.8 Å². The van der Waals surface area contributed by atoms with Crippen molar-refractivity contribution in [1.29, 1.82) is 0 Å². The van der Waals surface area contributed by atoms with Gasteiger partial charge in [-0.15, -0.1) is 0 Å². The molecular formula is C14H19ClO2. The normalized spacial score (nSPS) is 26.2. The van der Waals surface area contributed by atoms with E-state index < -0.39 is 6.10 Å². The summed E-state index contributed by atoms with van der Waals surface area (Å²) in [6, 6.07) is 3.92. The average molecular weight is 255 g/mol. The lowest BCUT2D eigenvalue weighted by Gasteiger charge is -2.23.